The van der Waals surface area contributed by atoms with Gasteiger partial charge in [-0.2, -0.15) is 0 Å². The quantitative estimate of drug-likeness (QED) is 0.827. The van der Waals surface area contributed by atoms with Crippen LogP contribution in [0, 0.1) is 10.8 Å². The predicted molar refractivity (Wildman–Crippen MR) is 79.8 cm³/mol. The average molecular weight is 256 g/mol. The first kappa shape index (κ1) is 14.9. The van der Waals surface area contributed by atoms with Crippen LogP contribution in [-0.2, 0) is 0 Å². The molecule has 0 bridgehead atoms. The second kappa shape index (κ2) is 5.64. The van der Waals surface area contributed by atoms with Crippen molar-refractivity contribution < 1.29 is 0 Å². The monoisotopic (exact) mass is 256 g/mol. The van der Waals surface area contributed by atoms with Gasteiger partial charge in [0.05, 0.1) is 0 Å². The van der Waals surface area contributed by atoms with Gasteiger partial charge in [0, 0.05) is 18.3 Å². The molecule has 1 heterocycles. The Labute approximate surface area is 111 Å². The zero-order valence-corrected chi connectivity index (χ0v) is 13.1. The van der Waals surface area contributed by atoms with Gasteiger partial charge in [0.1, 0.15) is 0 Å². The molecule has 1 N–H and O–H groups in total. The maximum Gasteiger partial charge on any atom is 0.156 e. The van der Waals surface area contributed by atoms with E-state index < -0.39 is 0 Å². The molecule has 1 rings (SSSR count). The van der Waals surface area contributed by atoms with Gasteiger partial charge in [-0.15, -0.1) is 0 Å². The number of aliphatic imine (C=N–C) groups is 1. The summed E-state index contributed by atoms with van der Waals surface area (Å²) in [6.45, 7) is 14.6. The summed E-state index contributed by atoms with van der Waals surface area (Å²) in [5.74, 6) is 1.19. The van der Waals surface area contributed by atoms with Gasteiger partial charge >= 0.3 is 0 Å². The van der Waals surface area contributed by atoms with E-state index in [0.717, 1.165) is 11.7 Å². The molecule has 17 heavy (non-hydrogen) atoms. The van der Waals surface area contributed by atoms with Crippen molar-refractivity contribution in [3.05, 3.63) is 0 Å². The molecule has 0 aromatic carbocycles. The van der Waals surface area contributed by atoms with Crippen molar-refractivity contribution in [1.29, 1.82) is 0 Å². The summed E-state index contributed by atoms with van der Waals surface area (Å²) >= 11 is 1.87. The van der Waals surface area contributed by atoms with Gasteiger partial charge in [0.25, 0.3) is 0 Å². The highest BCUT2D eigenvalue weighted by Gasteiger charge is 2.28. The molecule has 100 valence electrons. The van der Waals surface area contributed by atoms with Crippen LogP contribution in [0.1, 0.15) is 54.4 Å². The Morgan fingerprint density at radius 1 is 1.29 bits per heavy atom. The highest BCUT2D eigenvalue weighted by Crippen LogP contribution is 2.28. The number of thioether (sulfide) groups is 1. The minimum absolute atomic E-state index is 0.321. The number of rotatable bonds is 3. The molecule has 0 aromatic heterocycles. The molecule has 1 aliphatic heterocycles. The average Bonchev–Trinajstić information content (AvgIpc) is 2.26. The minimum Gasteiger partial charge on any atom is -0.362 e. The van der Waals surface area contributed by atoms with E-state index in [0.29, 0.717) is 16.9 Å². The Morgan fingerprint density at radius 3 is 2.47 bits per heavy atom. The zero-order chi connectivity index (χ0) is 13.1. The van der Waals surface area contributed by atoms with Crippen LogP contribution in [0.3, 0.4) is 0 Å². The van der Waals surface area contributed by atoms with Crippen LogP contribution in [0.2, 0.25) is 0 Å². The van der Waals surface area contributed by atoms with Gasteiger partial charge in [-0.05, 0) is 23.7 Å². The fourth-order valence-corrected chi connectivity index (χ4v) is 2.60. The molecule has 0 saturated carbocycles. The van der Waals surface area contributed by atoms with E-state index in [4.69, 9.17) is 4.99 Å². The van der Waals surface area contributed by atoms with Crippen LogP contribution >= 0.6 is 11.8 Å². The third kappa shape index (κ3) is 4.90. The lowest BCUT2D eigenvalue weighted by Gasteiger charge is -2.36. The van der Waals surface area contributed by atoms with E-state index in [2.05, 4.69) is 46.9 Å². The summed E-state index contributed by atoms with van der Waals surface area (Å²) in [7, 11) is 0. The zero-order valence-electron chi connectivity index (χ0n) is 12.3. The van der Waals surface area contributed by atoms with Gasteiger partial charge in [0.15, 0.2) is 5.17 Å². The van der Waals surface area contributed by atoms with Gasteiger partial charge in [-0.1, -0.05) is 53.3 Å². The smallest absolute Gasteiger partial charge is 0.156 e. The summed E-state index contributed by atoms with van der Waals surface area (Å²) in [5.41, 5.74) is 0.645. The molecule has 0 aromatic rings. The molecule has 0 aliphatic carbocycles. The van der Waals surface area contributed by atoms with Crippen LogP contribution in [0.5, 0.6) is 0 Å². The summed E-state index contributed by atoms with van der Waals surface area (Å²) < 4.78 is 0. The van der Waals surface area contributed by atoms with E-state index in [-0.39, 0.29) is 0 Å². The Balaban J connectivity index is 2.58. The Morgan fingerprint density at radius 2 is 1.94 bits per heavy atom. The molecule has 1 unspecified atom stereocenters. The first-order valence-electron chi connectivity index (χ1n) is 6.68. The van der Waals surface area contributed by atoms with Crippen molar-refractivity contribution in [1.82, 2.24) is 5.32 Å². The normalized spacial score (nSPS) is 24.8. The van der Waals surface area contributed by atoms with Crippen LogP contribution < -0.4 is 5.32 Å². The summed E-state index contributed by atoms with van der Waals surface area (Å²) in [6.07, 6.45) is 2.42. The van der Waals surface area contributed by atoms with E-state index in [9.17, 15) is 0 Å². The minimum atomic E-state index is 0.321. The first-order valence-corrected chi connectivity index (χ1v) is 7.67. The van der Waals surface area contributed by atoms with E-state index >= 15 is 0 Å². The van der Waals surface area contributed by atoms with Gasteiger partial charge in [-0.25, -0.2) is 0 Å². The van der Waals surface area contributed by atoms with E-state index in [1.165, 1.54) is 18.6 Å². The fraction of sp³-hybridized carbons (Fsp3) is 0.929. The molecule has 1 fully saturated rings. The first-order chi connectivity index (χ1) is 7.74. The maximum absolute atomic E-state index is 4.76. The number of hydrogen-bond donors (Lipinski definition) is 1. The number of nitrogens with zero attached hydrogens (tertiary/aromatic N) is 1. The van der Waals surface area contributed by atoms with Crippen molar-refractivity contribution in [2.45, 2.75) is 60.4 Å². The third-order valence-electron chi connectivity index (χ3n) is 3.60. The largest absolute Gasteiger partial charge is 0.362 e. The molecule has 0 amide bonds. The molecule has 0 radical (unpaired) electrons. The van der Waals surface area contributed by atoms with Crippen LogP contribution in [0.4, 0.5) is 0 Å². The van der Waals surface area contributed by atoms with Gasteiger partial charge < -0.3 is 5.32 Å². The van der Waals surface area contributed by atoms with Gasteiger partial charge in [0.2, 0.25) is 0 Å². The second-order valence-electron chi connectivity index (χ2n) is 6.84. The fourth-order valence-electron chi connectivity index (χ4n) is 1.67. The second-order valence-corrected chi connectivity index (χ2v) is 7.92. The van der Waals surface area contributed by atoms with Crippen molar-refractivity contribution in [3.8, 4) is 0 Å². The molecule has 2 nitrogen and oxygen atoms in total. The molecule has 0 spiro atoms. The van der Waals surface area contributed by atoms with Crippen molar-refractivity contribution in [2.24, 2.45) is 15.8 Å². The van der Waals surface area contributed by atoms with E-state index in [1.54, 1.807) is 0 Å². The lowest BCUT2D eigenvalue weighted by Crippen LogP contribution is -2.46. The van der Waals surface area contributed by atoms with Crippen LogP contribution in [0.25, 0.3) is 0 Å². The van der Waals surface area contributed by atoms with Crippen LogP contribution in [-0.4, -0.2) is 23.5 Å². The van der Waals surface area contributed by atoms with E-state index in [1.807, 2.05) is 11.8 Å². The summed E-state index contributed by atoms with van der Waals surface area (Å²) in [6, 6.07) is 0.562. The number of nitrogens with one attached hydrogen (secondary N) is 1. The van der Waals surface area contributed by atoms with Crippen LogP contribution in [0.15, 0.2) is 4.99 Å². The molecule has 1 saturated heterocycles. The number of amidine groups is 1. The molecule has 1 aliphatic rings. The lowest BCUT2D eigenvalue weighted by molar-refractivity contribution is 0.289. The summed E-state index contributed by atoms with van der Waals surface area (Å²) in [4.78, 5) is 4.76. The SMILES string of the molecule is CCC(C)(C)CN=C1NC(C(C)(C)C)CCS1. The topological polar surface area (TPSA) is 24.4 Å². The highest BCUT2D eigenvalue weighted by atomic mass is 32.2. The van der Waals surface area contributed by atoms with Crippen molar-refractivity contribution in [3.63, 3.8) is 0 Å². The van der Waals surface area contributed by atoms with Crippen molar-refractivity contribution >= 4 is 16.9 Å². The summed E-state index contributed by atoms with van der Waals surface area (Å²) in [5, 5.41) is 4.75. The van der Waals surface area contributed by atoms with Gasteiger partial charge in [-0.3, -0.25) is 4.99 Å². The molecular formula is C14H28N2S. The lowest BCUT2D eigenvalue weighted by atomic mass is 9.85. The van der Waals surface area contributed by atoms with Crippen molar-refractivity contribution in [2.75, 3.05) is 12.3 Å². The Hall–Kier alpha value is -0.180. The molecule has 1 atom stereocenters. The number of hydrogen-bond acceptors (Lipinski definition) is 2. The molecule has 3 heteroatoms. The Bertz CT molecular complexity index is 276. The maximum atomic E-state index is 4.76. The molecular weight excluding hydrogens is 228 g/mol. The Kier molecular flexibility index (Phi) is 4.94. The highest BCUT2D eigenvalue weighted by molar-refractivity contribution is 8.13. The third-order valence-corrected chi connectivity index (χ3v) is 4.56. The standard InChI is InChI=1S/C14H28N2S/c1-7-14(5,6)10-15-12-16-11(8-9-17-12)13(2,3)4/h11H,7-10H2,1-6H3,(H,15,16). The predicted octanol–water partition coefficient (Wildman–Crippen LogP) is 3.92.